The largest absolute Gasteiger partial charge is 0.443 e. The second-order valence-corrected chi connectivity index (χ2v) is 4.47. The van der Waals surface area contributed by atoms with E-state index in [9.17, 15) is 29.4 Å². The Labute approximate surface area is 128 Å². The van der Waals surface area contributed by atoms with Crippen molar-refractivity contribution in [3.63, 3.8) is 0 Å². The van der Waals surface area contributed by atoms with Gasteiger partial charge in [0.25, 0.3) is 0 Å². The number of carbonyl (C=O) groups is 1. The van der Waals surface area contributed by atoms with Gasteiger partial charge in [0.15, 0.2) is 5.78 Å². The van der Waals surface area contributed by atoms with Gasteiger partial charge in [-0.3, -0.25) is 25.0 Å². The summed E-state index contributed by atoms with van der Waals surface area (Å²) in [6, 6.07) is 5.90. The molecular formula is C14H9FN2O6. The molecule has 23 heavy (non-hydrogen) atoms. The highest BCUT2D eigenvalue weighted by Gasteiger charge is 2.22. The monoisotopic (exact) mass is 320 g/mol. The molecule has 9 heteroatoms. The Morgan fingerprint density at radius 1 is 1.00 bits per heavy atom. The molecule has 0 heterocycles. The summed E-state index contributed by atoms with van der Waals surface area (Å²) in [5, 5.41) is 22.0. The number of nitro benzene ring substituents is 2. The maximum atomic E-state index is 13.3. The number of nitrogens with zero attached hydrogens (tertiary/aromatic N) is 2. The number of carbonyl (C=O) groups excluding carboxylic acids is 1. The molecule has 2 aromatic rings. The maximum absolute atomic E-state index is 13.3. The molecule has 0 unspecified atom stereocenters. The highest BCUT2D eigenvalue weighted by Crippen LogP contribution is 2.36. The predicted molar refractivity (Wildman–Crippen MR) is 76.2 cm³/mol. The highest BCUT2D eigenvalue weighted by molar-refractivity contribution is 5.95. The summed E-state index contributed by atoms with van der Waals surface area (Å²) in [5.41, 5.74) is -1.02. The van der Waals surface area contributed by atoms with E-state index in [4.69, 9.17) is 4.74 Å². The lowest BCUT2D eigenvalue weighted by Crippen LogP contribution is -1.99. The van der Waals surface area contributed by atoms with Gasteiger partial charge in [-0.25, -0.2) is 4.39 Å². The maximum Gasteiger partial charge on any atom is 0.312 e. The first kappa shape index (κ1) is 16.0. The molecule has 0 aliphatic heterocycles. The summed E-state index contributed by atoms with van der Waals surface area (Å²) in [7, 11) is 0. The van der Waals surface area contributed by atoms with Crippen molar-refractivity contribution in [1.29, 1.82) is 0 Å². The fourth-order valence-corrected chi connectivity index (χ4v) is 1.80. The first-order valence-corrected chi connectivity index (χ1v) is 6.20. The summed E-state index contributed by atoms with van der Waals surface area (Å²) < 4.78 is 18.4. The number of ketones is 1. The first-order valence-electron chi connectivity index (χ1n) is 6.20. The van der Waals surface area contributed by atoms with Crippen LogP contribution in [0.15, 0.2) is 36.4 Å². The van der Waals surface area contributed by atoms with Crippen molar-refractivity contribution >= 4 is 17.2 Å². The van der Waals surface area contributed by atoms with Crippen LogP contribution >= 0.6 is 0 Å². The Bertz CT molecular complexity index is 821. The van der Waals surface area contributed by atoms with Crippen molar-refractivity contribution < 1.29 is 23.8 Å². The predicted octanol–water partition coefficient (Wildman–Crippen LogP) is 3.64. The summed E-state index contributed by atoms with van der Waals surface area (Å²) in [4.78, 5) is 31.7. The quantitative estimate of drug-likeness (QED) is 0.472. The smallest absolute Gasteiger partial charge is 0.312 e. The van der Waals surface area contributed by atoms with Crippen molar-refractivity contribution in [3.8, 4) is 11.5 Å². The van der Waals surface area contributed by atoms with Crippen molar-refractivity contribution in [2.24, 2.45) is 0 Å². The van der Waals surface area contributed by atoms with Crippen LogP contribution in [0.1, 0.15) is 17.3 Å². The molecule has 0 fully saturated rings. The lowest BCUT2D eigenvalue weighted by atomic mass is 10.1. The number of hydrogen-bond acceptors (Lipinski definition) is 6. The Kier molecular flexibility index (Phi) is 4.30. The van der Waals surface area contributed by atoms with Gasteiger partial charge in [0.2, 0.25) is 11.5 Å². The van der Waals surface area contributed by atoms with E-state index in [-0.39, 0.29) is 11.3 Å². The molecule has 0 aliphatic carbocycles. The zero-order chi connectivity index (χ0) is 17.1. The van der Waals surface area contributed by atoms with Crippen LogP contribution in [-0.4, -0.2) is 15.6 Å². The fraction of sp³-hybridized carbons (Fsp3) is 0.0714. The van der Waals surface area contributed by atoms with Gasteiger partial charge in [-0.2, -0.15) is 0 Å². The molecule has 0 bridgehead atoms. The molecule has 0 aromatic heterocycles. The van der Waals surface area contributed by atoms with Crippen LogP contribution in [0.4, 0.5) is 15.8 Å². The van der Waals surface area contributed by atoms with E-state index in [0.717, 1.165) is 30.3 Å². The van der Waals surface area contributed by atoms with Gasteiger partial charge in [-0.15, -0.1) is 0 Å². The number of rotatable bonds is 5. The average molecular weight is 320 g/mol. The molecule has 2 rings (SSSR count). The number of ether oxygens (including phenoxy) is 1. The van der Waals surface area contributed by atoms with Crippen LogP contribution in [0.25, 0.3) is 0 Å². The van der Waals surface area contributed by atoms with Crippen LogP contribution in [0, 0.1) is 26.0 Å². The number of nitro groups is 2. The fourth-order valence-electron chi connectivity index (χ4n) is 1.80. The summed E-state index contributed by atoms with van der Waals surface area (Å²) in [6.45, 7) is 1.23. The Morgan fingerprint density at radius 2 is 1.65 bits per heavy atom. The minimum Gasteiger partial charge on any atom is -0.443 e. The van der Waals surface area contributed by atoms with Gasteiger partial charge in [-0.1, -0.05) is 0 Å². The Balaban J connectivity index is 2.52. The van der Waals surface area contributed by atoms with Gasteiger partial charge in [0.1, 0.15) is 5.82 Å². The van der Waals surface area contributed by atoms with Gasteiger partial charge in [0.05, 0.1) is 9.85 Å². The molecule has 0 saturated carbocycles. The molecule has 118 valence electrons. The van der Waals surface area contributed by atoms with Crippen LogP contribution < -0.4 is 4.74 Å². The molecule has 0 N–H and O–H groups in total. The van der Waals surface area contributed by atoms with Crippen LogP contribution in [0.5, 0.6) is 11.5 Å². The van der Waals surface area contributed by atoms with Crippen molar-refractivity contribution in [1.82, 2.24) is 0 Å². The number of hydrogen-bond donors (Lipinski definition) is 0. The summed E-state index contributed by atoms with van der Waals surface area (Å²) in [5.74, 6) is -2.01. The average Bonchev–Trinajstić information content (AvgIpc) is 2.46. The summed E-state index contributed by atoms with van der Waals surface area (Å²) in [6.07, 6.45) is 0. The third-order valence-electron chi connectivity index (χ3n) is 2.90. The van der Waals surface area contributed by atoms with Crippen molar-refractivity contribution in [3.05, 3.63) is 68.0 Å². The van der Waals surface area contributed by atoms with Gasteiger partial charge in [0, 0.05) is 23.8 Å². The number of benzene rings is 2. The van der Waals surface area contributed by atoms with Gasteiger partial charge < -0.3 is 4.74 Å². The molecule has 2 aromatic carbocycles. The number of Topliss-reactive ketones (excluding diaryl/α,β-unsaturated/α-hetero) is 1. The van der Waals surface area contributed by atoms with Crippen molar-refractivity contribution in [2.45, 2.75) is 6.92 Å². The normalized spacial score (nSPS) is 10.2. The Morgan fingerprint density at radius 3 is 2.22 bits per heavy atom. The molecule has 0 spiro atoms. The zero-order valence-electron chi connectivity index (χ0n) is 11.7. The minimum atomic E-state index is -0.801. The highest BCUT2D eigenvalue weighted by atomic mass is 19.1. The van der Waals surface area contributed by atoms with E-state index < -0.39 is 38.6 Å². The second-order valence-electron chi connectivity index (χ2n) is 4.47. The molecule has 0 amide bonds. The molecular weight excluding hydrogens is 311 g/mol. The van der Waals surface area contributed by atoms with Crippen LogP contribution in [-0.2, 0) is 0 Å². The first-order chi connectivity index (χ1) is 10.8. The third kappa shape index (κ3) is 3.46. The van der Waals surface area contributed by atoms with E-state index in [1.54, 1.807) is 0 Å². The van der Waals surface area contributed by atoms with Crippen molar-refractivity contribution in [2.75, 3.05) is 0 Å². The topological polar surface area (TPSA) is 113 Å². The van der Waals surface area contributed by atoms with E-state index in [2.05, 4.69) is 0 Å². The number of halogens is 1. The lowest BCUT2D eigenvalue weighted by molar-refractivity contribution is -0.387. The SMILES string of the molecule is CC(=O)c1ccc(Oc2cc(F)ccc2[N+](=O)[O-])c([N+](=O)[O-])c1. The van der Waals surface area contributed by atoms with Gasteiger partial charge >= 0.3 is 11.4 Å². The minimum absolute atomic E-state index is 0.0813. The zero-order valence-corrected chi connectivity index (χ0v) is 11.7. The van der Waals surface area contributed by atoms with Crippen LogP contribution in [0.2, 0.25) is 0 Å². The molecule has 0 atom stereocenters. The second kappa shape index (κ2) is 6.18. The van der Waals surface area contributed by atoms with Crippen LogP contribution in [0.3, 0.4) is 0 Å². The van der Waals surface area contributed by atoms with E-state index in [0.29, 0.717) is 0 Å². The molecule has 0 saturated heterocycles. The third-order valence-corrected chi connectivity index (χ3v) is 2.90. The van der Waals surface area contributed by atoms with E-state index in [1.807, 2.05) is 0 Å². The van der Waals surface area contributed by atoms with E-state index >= 15 is 0 Å². The molecule has 0 aliphatic rings. The summed E-state index contributed by atoms with van der Waals surface area (Å²) >= 11 is 0. The molecule has 8 nitrogen and oxygen atoms in total. The lowest BCUT2D eigenvalue weighted by Gasteiger charge is -2.07. The standard InChI is InChI=1S/C14H9FN2O6/c1-8(18)9-2-5-13(12(6-9)17(21)22)23-14-7-10(15)3-4-11(14)16(19)20/h2-7H,1H3. The molecule has 0 radical (unpaired) electrons. The Hall–Kier alpha value is -3.36. The van der Waals surface area contributed by atoms with Gasteiger partial charge in [-0.05, 0) is 25.1 Å². The van der Waals surface area contributed by atoms with E-state index in [1.165, 1.54) is 13.0 Å².